The maximum atomic E-state index is 11.9. The second-order valence-electron chi connectivity index (χ2n) is 6.57. The van der Waals surface area contributed by atoms with Crippen LogP contribution in [0.5, 0.6) is 0 Å². The van der Waals surface area contributed by atoms with E-state index in [0.29, 0.717) is 5.69 Å². The first-order valence-corrected chi connectivity index (χ1v) is 9.39. The van der Waals surface area contributed by atoms with Crippen molar-refractivity contribution in [3.8, 4) is 0 Å². The van der Waals surface area contributed by atoms with Crippen molar-refractivity contribution in [3.63, 3.8) is 0 Å². The Hall–Kier alpha value is -3.75. The van der Waals surface area contributed by atoms with E-state index in [2.05, 4.69) is 10.6 Å². The molecule has 2 aromatic carbocycles. The number of hydrogen-bond acceptors (Lipinski definition) is 6. The van der Waals surface area contributed by atoms with E-state index in [-0.39, 0.29) is 36.9 Å². The Bertz CT molecular complexity index is 901. The first-order chi connectivity index (χ1) is 14.3. The molecule has 0 fully saturated rings. The molecule has 2 rings (SSSR count). The van der Waals surface area contributed by atoms with Gasteiger partial charge in [-0.15, -0.1) is 0 Å². The quantitative estimate of drug-likeness (QED) is 0.350. The summed E-state index contributed by atoms with van der Waals surface area (Å²) in [6.45, 7) is 1.44. The van der Waals surface area contributed by atoms with Crippen molar-refractivity contribution in [2.45, 2.75) is 32.2 Å². The SMILES string of the molecule is C[C@@H](NC(=O)COC(=O)CCCC(=O)Nc1cccc([N+](=O)[O-])c1)c1ccccc1. The van der Waals surface area contributed by atoms with Crippen LogP contribution in [-0.4, -0.2) is 29.3 Å². The Kier molecular flexibility index (Phi) is 8.49. The van der Waals surface area contributed by atoms with Gasteiger partial charge in [-0.2, -0.15) is 0 Å². The fourth-order valence-electron chi connectivity index (χ4n) is 2.64. The molecule has 0 unspecified atom stereocenters. The largest absolute Gasteiger partial charge is 0.456 e. The van der Waals surface area contributed by atoms with Crippen molar-refractivity contribution >= 4 is 29.2 Å². The number of carbonyl (C=O) groups is 3. The average molecular weight is 413 g/mol. The summed E-state index contributed by atoms with van der Waals surface area (Å²) in [5.74, 6) is -1.37. The lowest BCUT2D eigenvalue weighted by Crippen LogP contribution is -2.31. The third-order valence-corrected chi connectivity index (χ3v) is 4.17. The highest BCUT2D eigenvalue weighted by Crippen LogP contribution is 2.17. The smallest absolute Gasteiger partial charge is 0.306 e. The molecule has 0 spiro atoms. The molecule has 1 atom stereocenters. The van der Waals surface area contributed by atoms with Gasteiger partial charge >= 0.3 is 5.97 Å². The van der Waals surface area contributed by atoms with Crippen molar-refractivity contribution in [2.75, 3.05) is 11.9 Å². The molecule has 0 saturated carbocycles. The molecule has 0 saturated heterocycles. The molecule has 0 aliphatic carbocycles. The summed E-state index contributed by atoms with van der Waals surface area (Å²) in [5, 5.41) is 16.0. The highest BCUT2D eigenvalue weighted by atomic mass is 16.6. The van der Waals surface area contributed by atoms with Gasteiger partial charge in [0, 0.05) is 30.7 Å². The number of esters is 1. The van der Waals surface area contributed by atoms with Gasteiger partial charge in [0.2, 0.25) is 5.91 Å². The van der Waals surface area contributed by atoms with Crippen LogP contribution in [0.1, 0.15) is 37.8 Å². The Labute approximate surface area is 173 Å². The number of benzene rings is 2. The van der Waals surface area contributed by atoms with E-state index >= 15 is 0 Å². The first kappa shape index (κ1) is 22.5. The number of anilines is 1. The number of hydrogen-bond donors (Lipinski definition) is 2. The van der Waals surface area contributed by atoms with E-state index in [1.165, 1.54) is 24.3 Å². The van der Waals surface area contributed by atoms with Gasteiger partial charge in [0.1, 0.15) is 0 Å². The predicted molar refractivity (Wildman–Crippen MR) is 110 cm³/mol. The molecule has 9 nitrogen and oxygen atoms in total. The molecule has 0 aliphatic rings. The Balaban J connectivity index is 1.64. The normalized spacial score (nSPS) is 11.2. The average Bonchev–Trinajstić information content (AvgIpc) is 2.73. The maximum absolute atomic E-state index is 11.9. The van der Waals surface area contributed by atoms with Gasteiger partial charge in [-0.3, -0.25) is 24.5 Å². The lowest BCUT2D eigenvalue weighted by Gasteiger charge is -2.14. The lowest BCUT2D eigenvalue weighted by atomic mass is 10.1. The maximum Gasteiger partial charge on any atom is 0.306 e. The Morgan fingerprint density at radius 2 is 1.77 bits per heavy atom. The number of nitro benzene ring substituents is 1. The zero-order valence-electron chi connectivity index (χ0n) is 16.5. The number of nitrogens with one attached hydrogen (secondary N) is 2. The van der Waals surface area contributed by atoms with Crippen LogP contribution in [0, 0.1) is 10.1 Å². The fourth-order valence-corrected chi connectivity index (χ4v) is 2.64. The summed E-state index contributed by atoms with van der Waals surface area (Å²) in [4.78, 5) is 45.7. The van der Waals surface area contributed by atoms with E-state index < -0.39 is 23.4 Å². The van der Waals surface area contributed by atoms with E-state index in [1.807, 2.05) is 37.3 Å². The van der Waals surface area contributed by atoms with Crippen molar-refractivity contribution in [1.29, 1.82) is 0 Å². The fraction of sp³-hybridized carbons (Fsp3) is 0.286. The number of nitro groups is 1. The summed E-state index contributed by atoms with van der Waals surface area (Å²) in [6.07, 6.45) is 0.237. The van der Waals surface area contributed by atoms with E-state index in [4.69, 9.17) is 4.74 Å². The molecular weight excluding hydrogens is 390 g/mol. The number of rotatable bonds is 10. The number of carbonyl (C=O) groups excluding carboxylic acids is 3. The molecule has 0 bridgehead atoms. The van der Waals surface area contributed by atoms with E-state index in [9.17, 15) is 24.5 Å². The summed E-state index contributed by atoms with van der Waals surface area (Å²) in [6, 6.07) is 14.7. The molecule has 0 aromatic heterocycles. The van der Waals surface area contributed by atoms with Gasteiger partial charge in [0.15, 0.2) is 6.61 Å². The molecular formula is C21H23N3O6. The van der Waals surface area contributed by atoms with Gasteiger partial charge in [-0.25, -0.2) is 0 Å². The second kappa shape index (κ2) is 11.3. The van der Waals surface area contributed by atoms with E-state index in [0.717, 1.165) is 5.56 Å². The summed E-state index contributed by atoms with van der Waals surface area (Å²) >= 11 is 0. The molecule has 2 N–H and O–H groups in total. The second-order valence-corrected chi connectivity index (χ2v) is 6.57. The van der Waals surface area contributed by atoms with Crippen LogP contribution in [0.4, 0.5) is 11.4 Å². The molecule has 0 radical (unpaired) electrons. The third kappa shape index (κ3) is 7.70. The summed E-state index contributed by atoms with van der Waals surface area (Å²) < 4.78 is 4.93. The van der Waals surface area contributed by atoms with Gasteiger partial charge in [-0.05, 0) is 25.0 Å². The van der Waals surface area contributed by atoms with Crippen LogP contribution in [0.2, 0.25) is 0 Å². The lowest BCUT2D eigenvalue weighted by molar-refractivity contribution is -0.384. The standard InChI is InChI=1S/C21H23N3O6/c1-15(16-7-3-2-4-8-16)22-20(26)14-30-21(27)12-6-11-19(25)23-17-9-5-10-18(13-17)24(28)29/h2-5,7-10,13,15H,6,11-12,14H2,1H3,(H,22,26)(H,23,25)/t15-/m1/s1. The molecule has 30 heavy (non-hydrogen) atoms. The summed E-state index contributed by atoms with van der Waals surface area (Å²) in [7, 11) is 0. The zero-order chi connectivity index (χ0) is 21.9. The van der Waals surface area contributed by atoms with Crippen LogP contribution in [0.25, 0.3) is 0 Å². The van der Waals surface area contributed by atoms with Gasteiger partial charge in [0.25, 0.3) is 11.6 Å². The monoisotopic (exact) mass is 413 g/mol. The van der Waals surface area contributed by atoms with Crippen molar-refractivity contribution in [3.05, 3.63) is 70.3 Å². The highest BCUT2D eigenvalue weighted by molar-refractivity contribution is 5.91. The van der Waals surface area contributed by atoms with Crippen LogP contribution in [-0.2, 0) is 19.1 Å². The number of ether oxygens (including phenoxy) is 1. The highest BCUT2D eigenvalue weighted by Gasteiger charge is 2.13. The number of nitrogens with zero attached hydrogens (tertiary/aromatic N) is 1. The van der Waals surface area contributed by atoms with Gasteiger partial charge < -0.3 is 15.4 Å². The summed E-state index contributed by atoms with van der Waals surface area (Å²) in [5.41, 5.74) is 1.11. The topological polar surface area (TPSA) is 128 Å². The van der Waals surface area contributed by atoms with Crippen molar-refractivity contribution in [1.82, 2.24) is 5.32 Å². The molecule has 9 heteroatoms. The van der Waals surface area contributed by atoms with Gasteiger partial charge in [0.05, 0.1) is 11.0 Å². The molecule has 158 valence electrons. The number of amides is 2. The molecule has 0 heterocycles. The zero-order valence-corrected chi connectivity index (χ0v) is 16.5. The van der Waals surface area contributed by atoms with Crippen molar-refractivity contribution < 1.29 is 24.0 Å². The van der Waals surface area contributed by atoms with Crippen molar-refractivity contribution in [2.24, 2.45) is 0 Å². The first-order valence-electron chi connectivity index (χ1n) is 9.39. The third-order valence-electron chi connectivity index (χ3n) is 4.17. The van der Waals surface area contributed by atoms with Crippen LogP contribution in [0.3, 0.4) is 0 Å². The van der Waals surface area contributed by atoms with Crippen LogP contribution in [0.15, 0.2) is 54.6 Å². The van der Waals surface area contributed by atoms with E-state index in [1.54, 1.807) is 0 Å². The van der Waals surface area contributed by atoms with Crippen LogP contribution >= 0.6 is 0 Å². The molecule has 0 aliphatic heterocycles. The van der Waals surface area contributed by atoms with Crippen LogP contribution < -0.4 is 10.6 Å². The Morgan fingerprint density at radius 1 is 1.03 bits per heavy atom. The molecule has 2 aromatic rings. The predicted octanol–water partition coefficient (Wildman–Crippen LogP) is 3.12. The molecule has 2 amide bonds. The van der Waals surface area contributed by atoms with Gasteiger partial charge in [-0.1, -0.05) is 36.4 Å². The number of non-ortho nitro benzene ring substituents is 1. The minimum absolute atomic E-state index is 0.0239. The Morgan fingerprint density at radius 3 is 2.47 bits per heavy atom. The minimum Gasteiger partial charge on any atom is -0.456 e. The minimum atomic E-state index is -0.583.